The van der Waals surface area contributed by atoms with Gasteiger partial charge in [-0.1, -0.05) is 13.8 Å². The molecular weight excluding hydrogens is 1040 g/mol. The zero-order chi connectivity index (χ0) is 63.2. The predicted octanol–water partition coefficient (Wildman–Crippen LogP) is 13.1. The molecule has 1 rings (SSSR count). The van der Waals surface area contributed by atoms with Gasteiger partial charge >= 0.3 is 48.3 Å². The molecule has 19 nitrogen and oxygen atoms in total. The van der Waals surface area contributed by atoms with Crippen molar-refractivity contribution in [1.29, 1.82) is 0 Å². The van der Waals surface area contributed by atoms with Crippen LogP contribution in [0.5, 0.6) is 0 Å². The van der Waals surface area contributed by atoms with Crippen LogP contribution in [0, 0.1) is 11.8 Å². The van der Waals surface area contributed by atoms with Crippen molar-refractivity contribution in [3.63, 3.8) is 0 Å². The molecule has 464 valence electrons. The maximum absolute atomic E-state index is 14.5. The summed E-state index contributed by atoms with van der Waals surface area (Å²) < 4.78 is 48.2. The quantitative estimate of drug-likeness (QED) is 0.0483. The van der Waals surface area contributed by atoms with Gasteiger partial charge in [-0.25, -0.2) is 33.3 Å². The minimum absolute atomic E-state index is 0.0455. The van der Waals surface area contributed by atoms with Crippen molar-refractivity contribution in [1.82, 2.24) is 9.80 Å². The molecule has 19 heteroatoms. The molecule has 1 aromatic rings. The lowest BCUT2D eigenvalue weighted by Gasteiger charge is -2.34. The number of hydrogen-bond donors (Lipinski definition) is 0. The lowest BCUT2D eigenvalue weighted by atomic mass is 9.94. The topological polar surface area (TPSA) is 221 Å². The number of carbonyl (C=O) groups is 8. The van der Waals surface area contributed by atoms with E-state index in [1.54, 1.807) is 152 Å². The number of imide groups is 2. The summed E-state index contributed by atoms with van der Waals surface area (Å²) in [7, 11) is 0. The number of amides is 4. The lowest BCUT2D eigenvalue weighted by Crippen LogP contribution is -2.53. The molecule has 0 spiro atoms. The Labute approximate surface area is 485 Å². The second-order valence-electron chi connectivity index (χ2n) is 29.1. The minimum Gasteiger partial charge on any atom is -0.460 e. The van der Waals surface area contributed by atoms with Crippen LogP contribution in [0.15, 0.2) is 12.3 Å². The van der Waals surface area contributed by atoms with Gasteiger partial charge in [0.25, 0.3) is 0 Å². The Morgan fingerprint density at radius 2 is 0.704 bits per heavy atom. The van der Waals surface area contributed by atoms with E-state index in [1.165, 1.54) is 0 Å². The van der Waals surface area contributed by atoms with E-state index < -0.39 is 105 Å². The van der Waals surface area contributed by atoms with Crippen LogP contribution in [-0.2, 0) is 82.9 Å². The van der Waals surface area contributed by atoms with E-state index in [1.807, 2.05) is 40.0 Å². The summed E-state index contributed by atoms with van der Waals surface area (Å²) >= 11 is 0. The number of esters is 4. The molecule has 1 aromatic heterocycles. The number of aryl methyl sites for hydroxylation is 3. The van der Waals surface area contributed by atoms with Crippen LogP contribution in [0.1, 0.15) is 242 Å². The highest BCUT2D eigenvalue weighted by molar-refractivity contribution is 5.95. The van der Waals surface area contributed by atoms with Crippen molar-refractivity contribution < 1.29 is 80.8 Å². The van der Waals surface area contributed by atoms with Crippen LogP contribution in [0.4, 0.5) is 19.2 Å². The Hall–Kier alpha value is -5.49. The van der Waals surface area contributed by atoms with Gasteiger partial charge in [0.2, 0.25) is 0 Å². The Morgan fingerprint density at radius 1 is 0.383 bits per heavy atom. The van der Waals surface area contributed by atoms with Gasteiger partial charge < -0.3 is 37.9 Å². The number of carbonyl (C=O) groups excluding carboxylic acids is 8. The zero-order valence-corrected chi connectivity index (χ0v) is 54.6. The monoisotopic (exact) mass is 1150 g/mol. The third-order valence-electron chi connectivity index (χ3n) is 11.1. The summed E-state index contributed by atoms with van der Waals surface area (Å²) in [5.74, 6) is -3.31. The van der Waals surface area contributed by atoms with Crippen molar-refractivity contribution in [3.8, 4) is 0 Å². The summed E-state index contributed by atoms with van der Waals surface area (Å²) in [6.07, 6.45) is 0.134. The third kappa shape index (κ3) is 30.4. The van der Waals surface area contributed by atoms with E-state index in [4.69, 9.17) is 37.9 Å². The van der Waals surface area contributed by atoms with Gasteiger partial charge in [-0.15, -0.1) is 0 Å². The fourth-order valence-corrected chi connectivity index (χ4v) is 7.92. The van der Waals surface area contributed by atoms with Crippen LogP contribution < -0.4 is 4.57 Å². The van der Waals surface area contributed by atoms with E-state index in [2.05, 4.69) is 4.57 Å². The molecule has 0 aliphatic carbocycles. The van der Waals surface area contributed by atoms with Crippen molar-refractivity contribution in [2.45, 2.75) is 308 Å². The number of rotatable bonds is 21. The number of aromatic nitrogens is 1. The zero-order valence-electron chi connectivity index (χ0n) is 54.6. The van der Waals surface area contributed by atoms with E-state index >= 15 is 0 Å². The summed E-state index contributed by atoms with van der Waals surface area (Å²) in [5, 5.41) is 0. The Bertz CT molecular complexity index is 2250. The highest BCUT2D eigenvalue weighted by Crippen LogP contribution is 2.28. The first-order valence-electron chi connectivity index (χ1n) is 28.7. The third-order valence-corrected chi connectivity index (χ3v) is 11.1. The summed E-state index contributed by atoms with van der Waals surface area (Å²) in [6.45, 7) is 44.5. The molecule has 1 heterocycles. The molecule has 0 fully saturated rings. The van der Waals surface area contributed by atoms with Gasteiger partial charge in [-0.2, -0.15) is 9.80 Å². The van der Waals surface area contributed by atoms with E-state index in [0.717, 1.165) is 5.56 Å². The predicted molar refractivity (Wildman–Crippen MR) is 308 cm³/mol. The second-order valence-corrected chi connectivity index (χ2v) is 29.1. The summed E-state index contributed by atoms with van der Waals surface area (Å²) in [6, 6.07) is -1.15. The smallest absolute Gasteiger partial charge is 0.420 e. The SMILES string of the molecule is CC(CCc1cc(CC[C@@H](C(=O)OC(C)(C)C)N(C(=O)OC(C)(C)C)C(=O)OC(C)(C)C)c(CCC[C@@H](C(=O)OC(C)(C)C)N(C(=O)OC(C)(C)C)C(=O)OC(C)(C)C)[n+](CCCC[C@H](C)C(=O)OC(C)(C)C)c1)C(=O)OC(C)(C)C. The first kappa shape index (κ1) is 73.5. The fourth-order valence-electron chi connectivity index (χ4n) is 7.92. The molecule has 1 unspecified atom stereocenters. The summed E-state index contributed by atoms with van der Waals surface area (Å²) in [5.41, 5.74) is -5.60. The maximum atomic E-state index is 14.5. The Balaban J connectivity index is 4.45. The molecule has 81 heavy (non-hydrogen) atoms. The molecule has 0 saturated heterocycles. The van der Waals surface area contributed by atoms with Crippen LogP contribution in [-0.4, -0.2) is 115 Å². The lowest BCUT2D eigenvalue weighted by molar-refractivity contribution is -0.705. The van der Waals surface area contributed by atoms with Crippen molar-refractivity contribution in [2.24, 2.45) is 11.8 Å². The van der Waals surface area contributed by atoms with Crippen LogP contribution in [0.3, 0.4) is 0 Å². The summed E-state index contributed by atoms with van der Waals surface area (Å²) in [4.78, 5) is 113. The first-order chi connectivity index (χ1) is 36.3. The molecule has 0 aliphatic heterocycles. The molecule has 4 atom stereocenters. The van der Waals surface area contributed by atoms with E-state index in [0.29, 0.717) is 59.7 Å². The fraction of sp³-hybridized carbons (Fsp3) is 0.790. The van der Waals surface area contributed by atoms with Gasteiger partial charge in [0.1, 0.15) is 63.4 Å². The van der Waals surface area contributed by atoms with E-state index in [9.17, 15) is 38.4 Å². The van der Waals surface area contributed by atoms with Crippen molar-refractivity contribution in [3.05, 3.63) is 29.1 Å². The molecule has 0 saturated carbocycles. The van der Waals surface area contributed by atoms with Gasteiger partial charge in [-0.05, 0) is 224 Å². The normalized spacial score (nSPS) is 14.3. The second kappa shape index (κ2) is 29.2. The molecular formula is C62H106N3O16+. The van der Waals surface area contributed by atoms with Crippen molar-refractivity contribution in [2.75, 3.05) is 0 Å². The highest BCUT2D eigenvalue weighted by atomic mass is 16.6. The number of hydrogen-bond acceptors (Lipinski definition) is 16. The van der Waals surface area contributed by atoms with Gasteiger partial charge in [0, 0.05) is 24.0 Å². The average molecular weight is 1150 g/mol. The molecule has 0 N–H and O–H groups in total. The first-order valence-corrected chi connectivity index (χ1v) is 28.7. The van der Waals surface area contributed by atoms with Crippen molar-refractivity contribution >= 4 is 48.3 Å². The van der Waals surface area contributed by atoms with Gasteiger partial charge in [-0.3, -0.25) is 9.59 Å². The molecule has 4 amide bonds. The Morgan fingerprint density at radius 3 is 1.05 bits per heavy atom. The number of nitrogens with zero attached hydrogens (tertiary/aromatic N) is 3. The minimum atomic E-state index is -1.58. The average Bonchev–Trinajstić information content (AvgIpc) is 3.20. The van der Waals surface area contributed by atoms with Gasteiger partial charge in [0.05, 0.1) is 11.8 Å². The molecule has 0 radical (unpaired) electrons. The number of ether oxygens (including phenoxy) is 8. The van der Waals surface area contributed by atoms with E-state index in [-0.39, 0.29) is 44.0 Å². The van der Waals surface area contributed by atoms with Gasteiger partial charge in [0.15, 0.2) is 11.9 Å². The van der Waals surface area contributed by atoms with Crippen LogP contribution >= 0.6 is 0 Å². The van der Waals surface area contributed by atoms with Crippen LogP contribution in [0.2, 0.25) is 0 Å². The molecule has 0 bridgehead atoms. The standard InChI is InChI=1S/C62H106N3O16/c1-40(47(66)74-55(3,4)5)30-27-28-37-63-39-42(34-33-41(2)48(67)75-56(6,7)8)38-43(35-36-46(50(69)77-58(12,13)14)65(53(72)80-61(21,22)23)54(73)81-62(24,25)26)44(63)31-29-32-45(49(68)76-57(9,10)11)64(51(70)78-59(15,16)17)52(71)79-60(18,19)20/h38-41,45-46H,27-37H2,1-26H3/q+1/t40-,41?,45-,46-/m0/s1. The number of unbranched alkanes of at least 4 members (excludes halogenated alkanes) is 1. The largest absolute Gasteiger partial charge is 0.460 e. The highest BCUT2D eigenvalue weighted by Gasteiger charge is 2.44. The Kier molecular flexibility index (Phi) is 26.5. The number of pyridine rings is 1. The maximum Gasteiger partial charge on any atom is 0.420 e. The van der Waals surface area contributed by atoms with Crippen LogP contribution in [0.25, 0.3) is 0 Å². The molecule has 0 aromatic carbocycles. The molecule has 0 aliphatic rings.